The van der Waals surface area contributed by atoms with Crippen molar-refractivity contribution in [2.45, 2.75) is 19.5 Å². The summed E-state index contributed by atoms with van der Waals surface area (Å²) in [6.45, 7) is 3.95. The van der Waals surface area contributed by atoms with Crippen LogP contribution in [0.4, 0.5) is 0 Å². The van der Waals surface area contributed by atoms with Crippen molar-refractivity contribution in [3.05, 3.63) is 35.4 Å². The number of nitrogens with two attached hydrogens (primary N) is 1. The summed E-state index contributed by atoms with van der Waals surface area (Å²) in [4.78, 5) is 13.0. The first-order chi connectivity index (χ1) is 7.99. The van der Waals surface area contributed by atoms with Crippen molar-refractivity contribution in [1.82, 2.24) is 10.2 Å². The molecule has 0 saturated heterocycles. The smallest absolute Gasteiger partial charge is 0.248 e. The minimum absolute atomic E-state index is 0.384. The Morgan fingerprint density at radius 3 is 2.41 bits per heavy atom. The minimum Gasteiger partial charge on any atom is -0.366 e. The number of nitrogens with zero attached hydrogens (tertiary/aromatic N) is 1. The number of carbonyl (C=O) groups is 1. The molecule has 0 bridgehead atoms. The van der Waals surface area contributed by atoms with Crippen LogP contribution in [0.25, 0.3) is 0 Å². The van der Waals surface area contributed by atoms with Gasteiger partial charge in [0.1, 0.15) is 0 Å². The molecule has 0 aliphatic carbocycles. The van der Waals surface area contributed by atoms with Crippen molar-refractivity contribution in [2.75, 3.05) is 20.6 Å². The summed E-state index contributed by atoms with van der Waals surface area (Å²) in [7, 11) is 4.11. The lowest BCUT2D eigenvalue weighted by molar-refractivity contribution is 0.100. The standard InChI is InChI=1S/C13H21N3O/c1-10(9-16(2)3)15-8-11-4-6-12(7-5-11)13(14)17/h4-7,10,15H,8-9H2,1-3H3,(H2,14,17). The lowest BCUT2D eigenvalue weighted by Gasteiger charge is -2.18. The molecule has 0 aromatic heterocycles. The van der Waals surface area contributed by atoms with Crippen molar-refractivity contribution in [3.8, 4) is 0 Å². The maximum atomic E-state index is 10.9. The second-order valence-electron chi connectivity index (χ2n) is 4.61. The molecule has 3 N–H and O–H groups in total. The average molecular weight is 235 g/mol. The highest BCUT2D eigenvalue weighted by Crippen LogP contribution is 2.04. The van der Waals surface area contributed by atoms with E-state index in [0.717, 1.165) is 18.7 Å². The van der Waals surface area contributed by atoms with E-state index in [2.05, 4.69) is 31.2 Å². The zero-order valence-electron chi connectivity index (χ0n) is 10.7. The summed E-state index contributed by atoms with van der Waals surface area (Å²) < 4.78 is 0. The lowest BCUT2D eigenvalue weighted by Crippen LogP contribution is -2.35. The molecule has 0 fully saturated rings. The van der Waals surface area contributed by atoms with Crippen LogP contribution < -0.4 is 11.1 Å². The number of primary amides is 1. The second-order valence-corrected chi connectivity index (χ2v) is 4.61. The molecule has 0 heterocycles. The Balaban J connectivity index is 2.44. The molecule has 0 saturated carbocycles. The molecule has 17 heavy (non-hydrogen) atoms. The van der Waals surface area contributed by atoms with Gasteiger partial charge in [0.2, 0.25) is 5.91 Å². The zero-order chi connectivity index (χ0) is 12.8. The molecular weight excluding hydrogens is 214 g/mol. The first-order valence-corrected chi connectivity index (χ1v) is 5.76. The molecule has 1 amide bonds. The Morgan fingerprint density at radius 2 is 1.94 bits per heavy atom. The fraction of sp³-hybridized carbons (Fsp3) is 0.462. The van der Waals surface area contributed by atoms with Crippen LogP contribution >= 0.6 is 0 Å². The number of hydrogen-bond acceptors (Lipinski definition) is 3. The van der Waals surface area contributed by atoms with E-state index in [1.54, 1.807) is 12.1 Å². The predicted molar refractivity (Wildman–Crippen MR) is 69.8 cm³/mol. The van der Waals surface area contributed by atoms with Gasteiger partial charge in [-0.05, 0) is 38.7 Å². The van der Waals surface area contributed by atoms with E-state index in [-0.39, 0.29) is 5.91 Å². The van der Waals surface area contributed by atoms with E-state index < -0.39 is 0 Å². The molecule has 4 heteroatoms. The van der Waals surface area contributed by atoms with Gasteiger partial charge in [-0.2, -0.15) is 0 Å². The van der Waals surface area contributed by atoms with E-state index in [4.69, 9.17) is 5.73 Å². The molecule has 4 nitrogen and oxygen atoms in total. The highest BCUT2D eigenvalue weighted by Gasteiger charge is 2.03. The normalized spacial score (nSPS) is 12.7. The van der Waals surface area contributed by atoms with Gasteiger partial charge in [-0.25, -0.2) is 0 Å². The highest BCUT2D eigenvalue weighted by atomic mass is 16.1. The van der Waals surface area contributed by atoms with Crippen LogP contribution in [0.2, 0.25) is 0 Å². The van der Waals surface area contributed by atoms with Gasteiger partial charge in [0.05, 0.1) is 0 Å². The number of carbonyl (C=O) groups excluding carboxylic acids is 1. The van der Waals surface area contributed by atoms with Crippen molar-refractivity contribution in [1.29, 1.82) is 0 Å². The molecule has 94 valence electrons. The Hall–Kier alpha value is -1.39. The topological polar surface area (TPSA) is 58.4 Å². The monoisotopic (exact) mass is 235 g/mol. The second kappa shape index (κ2) is 6.37. The van der Waals surface area contributed by atoms with Gasteiger partial charge in [-0.3, -0.25) is 4.79 Å². The summed E-state index contributed by atoms with van der Waals surface area (Å²) in [5.74, 6) is -0.384. The molecule has 0 radical (unpaired) electrons. The Morgan fingerprint density at radius 1 is 1.35 bits per heavy atom. The van der Waals surface area contributed by atoms with E-state index in [0.29, 0.717) is 11.6 Å². The van der Waals surface area contributed by atoms with Crippen molar-refractivity contribution in [3.63, 3.8) is 0 Å². The number of nitrogens with one attached hydrogen (secondary N) is 1. The first kappa shape index (κ1) is 13.7. The van der Waals surface area contributed by atoms with Crippen LogP contribution in [0.5, 0.6) is 0 Å². The van der Waals surface area contributed by atoms with Crippen LogP contribution in [-0.2, 0) is 6.54 Å². The van der Waals surface area contributed by atoms with E-state index in [1.807, 2.05) is 12.1 Å². The average Bonchev–Trinajstić information content (AvgIpc) is 2.26. The van der Waals surface area contributed by atoms with Gasteiger partial charge >= 0.3 is 0 Å². The van der Waals surface area contributed by atoms with Crippen LogP contribution in [0.15, 0.2) is 24.3 Å². The van der Waals surface area contributed by atoms with E-state index >= 15 is 0 Å². The number of benzene rings is 1. The van der Waals surface area contributed by atoms with Gasteiger partial charge in [-0.15, -0.1) is 0 Å². The Kier molecular flexibility index (Phi) is 5.12. The summed E-state index contributed by atoms with van der Waals surface area (Å²) >= 11 is 0. The van der Waals surface area contributed by atoms with Crippen molar-refractivity contribution >= 4 is 5.91 Å². The summed E-state index contributed by atoms with van der Waals surface area (Å²) in [5, 5.41) is 3.42. The van der Waals surface area contributed by atoms with Gasteiger partial charge in [0.15, 0.2) is 0 Å². The van der Waals surface area contributed by atoms with Crippen molar-refractivity contribution < 1.29 is 4.79 Å². The third-order valence-corrected chi connectivity index (χ3v) is 2.53. The fourth-order valence-corrected chi connectivity index (χ4v) is 1.69. The number of rotatable bonds is 6. The Labute approximate surface area is 103 Å². The molecular formula is C13H21N3O. The Bertz CT molecular complexity index is 359. The first-order valence-electron chi connectivity index (χ1n) is 5.76. The highest BCUT2D eigenvalue weighted by molar-refractivity contribution is 5.92. The maximum absolute atomic E-state index is 10.9. The molecule has 1 aromatic rings. The molecule has 0 spiro atoms. The molecule has 1 unspecified atom stereocenters. The third-order valence-electron chi connectivity index (χ3n) is 2.53. The minimum atomic E-state index is -0.384. The summed E-state index contributed by atoms with van der Waals surface area (Å²) in [6.07, 6.45) is 0. The fourth-order valence-electron chi connectivity index (χ4n) is 1.69. The lowest BCUT2D eigenvalue weighted by atomic mass is 10.1. The predicted octanol–water partition coefficient (Wildman–Crippen LogP) is 0.825. The number of hydrogen-bond donors (Lipinski definition) is 2. The van der Waals surface area contributed by atoms with Gasteiger partial charge < -0.3 is 16.0 Å². The van der Waals surface area contributed by atoms with Gasteiger partial charge in [0, 0.05) is 24.7 Å². The molecule has 0 aliphatic rings. The largest absolute Gasteiger partial charge is 0.366 e. The summed E-state index contributed by atoms with van der Waals surface area (Å²) in [6, 6.07) is 7.80. The van der Waals surface area contributed by atoms with Crippen molar-refractivity contribution in [2.24, 2.45) is 5.73 Å². The van der Waals surface area contributed by atoms with Crippen LogP contribution in [-0.4, -0.2) is 37.5 Å². The SMILES string of the molecule is CC(CN(C)C)NCc1ccc(C(N)=O)cc1. The van der Waals surface area contributed by atoms with Crippen LogP contribution in [0.3, 0.4) is 0 Å². The quantitative estimate of drug-likeness (QED) is 0.767. The van der Waals surface area contributed by atoms with Gasteiger partial charge in [-0.1, -0.05) is 12.1 Å². The molecule has 1 aromatic carbocycles. The third kappa shape index (κ3) is 4.97. The summed E-state index contributed by atoms with van der Waals surface area (Å²) in [5.41, 5.74) is 6.89. The number of likely N-dealkylation sites (N-methyl/N-ethyl adjacent to an activating group) is 1. The molecule has 1 rings (SSSR count). The maximum Gasteiger partial charge on any atom is 0.248 e. The van der Waals surface area contributed by atoms with E-state index in [1.165, 1.54) is 0 Å². The molecule has 1 atom stereocenters. The zero-order valence-corrected chi connectivity index (χ0v) is 10.7. The van der Waals surface area contributed by atoms with Crippen LogP contribution in [0, 0.1) is 0 Å². The van der Waals surface area contributed by atoms with Gasteiger partial charge in [0.25, 0.3) is 0 Å². The molecule has 0 aliphatic heterocycles. The number of amides is 1. The van der Waals surface area contributed by atoms with E-state index in [9.17, 15) is 4.79 Å². The van der Waals surface area contributed by atoms with Crippen LogP contribution in [0.1, 0.15) is 22.8 Å².